The molecule has 3 atom stereocenters. The van der Waals surface area contributed by atoms with Crippen molar-refractivity contribution in [3.8, 4) is 5.75 Å². The standard InChI is InChI=1S/C20H25N5O2/c1-12-9-18(22-13(2)21-12)20(26)25-8-7-17-16(11-25)19(24-23-17)14-5-4-6-15(10-14)27-3/h4-6,9-10,16-17,19,23-24H,7-8,11H2,1-3H3. The van der Waals surface area contributed by atoms with Crippen LogP contribution in [0.2, 0.25) is 0 Å². The number of fused-ring (bicyclic) bond motifs is 1. The molecule has 1 aromatic heterocycles. The van der Waals surface area contributed by atoms with Crippen LogP contribution < -0.4 is 15.6 Å². The van der Waals surface area contributed by atoms with Crippen molar-refractivity contribution in [1.29, 1.82) is 0 Å². The predicted octanol–water partition coefficient (Wildman–Crippen LogP) is 1.78. The van der Waals surface area contributed by atoms with Crippen LogP contribution in [0, 0.1) is 19.8 Å². The Bertz CT molecular complexity index is 836. The molecule has 1 amide bonds. The van der Waals surface area contributed by atoms with Crippen LogP contribution in [-0.2, 0) is 0 Å². The summed E-state index contributed by atoms with van der Waals surface area (Å²) in [5.41, 5.74) is 9.29. The molecule has 2 fully saturated rings. The zero-order chi connectivity index (χ0) is 19.0. The maximum Gasteiger partial charge on any atom is 0.272 e. The number of likely N-dealkylation sites (tertiary alicyclic amines) is 1. The van der Waals surface area contributed by atoms with Gasteiger partial charge in [0.1, 0.15) is 17.3 Å². The molecule has 2 N–H and O–H groups in total. The Balaban J connectivity index is 1.55. The van der Waals surface area contributed by atoms with Gasteiger partial charge in [0.2, 0.25) is 0 Å². The fourth-order valence-corrected chi connectivity index (χ4v) is 4.14. The Hall–Kier alpha value is -2.51. The lowest BCUT2D eigenvalue weighted by Gasteiger charge is -2.36. The van der Waals surface area contributed by atoms with Crippen molar-refractivity contribution in [2.75, 3.05) is 20.2 Å². The molecule has 2 aromatic rings. The highest BCUT2D eigenvalue weighted by molar-refractivity contribution is 5.92. The number of hydrogen-bond acceptors (Lipinski definition) is 6. The average molecular weight is 367 g/mol. The summed E-state index contributed by atoms with van der Waals surface area (Å²) in [4.78, 5) is 23.5. The van der Waals surface area contributed by atoms with E-state index in [1.54, 1.807) is 13.2 Å². The molecule has 3 unspecified atom stereocenters. The van der Waals surface area contributed by atoms with Crippen molar-refractivity contribution in [3.05, 3.63) is 53.1 Å². The van der Waals surface area contributed by atoms with Crippen molar-refractivity contribution in [2.24, 2.45) is 5.92 Å². The third-order valence-electron chi connectivity index (χ3n) is 5.44. The fourth-order valence-electron chi connectivity index (χ4n) is 4.14. The van der Waals surface area contributed by atoms with Gasteiger partial charge in [-0.05, 0) is 44.0 Å². The first-order valence-electron chi connectivity index (χ1n) is 9.31. The molecular formula is C20H25N5O2. The predicted molar refractivity (Wildman–Crippen MR) is 101 cm³/mol. The second-order valence-electron chi connectivity index (χ2n) is 7.29. The molecular weight excluding hydrogens is 342 g/mol. The Kier molecular flexibility index (Phi) is 4.80. The van der Waals surface area contributed by atoms with Gasteiger partial charge in [0.15, 0.2) is 0 Å². The van der Waals surface area contributed by atoms with Crippen molar-refractivity contribution >= 4 is 5.91 Å². The van der Waals surface area contributed by atoms with Crippen molar-refractivity contribution in [3.63, 3.8) is 0 Å². The molecule has 3 heterocycles. The SMILES string of the molecule is COc1cccc(C2NNC3CCN(C(=O)c4cc(C)nc(C)n4)CC32)c1. The third-order valence-corrected chi connectivity index (χ3v) is 5.44. The van der Waals surface area contributed by atoms with E-state index in [1.165, 1.54) is 0 Å². The summed E-state index contributed by atoms with van der Waals surface area (Å²) in [5.74, 6) is 1.75. The normalized spacial score (nSPS) is 24.6. The number of amides is 1. The molecule has 7 nitrogen and oxygen atoms in total. The van der Waals surface area contributed by atoms with Crippen LogP contribution >= 0.6 is 0 Å². The quantitative estimate of drug-likeness (QED) is 0.861. The van der Waals surface area contributed by atoms with Gasteiger partial charge in [0, 0.05) is 30.7 Å². The molecule has 142 valence electrons. The largest absolute Gasteiger partial charge is 0.497 e. The zero-order valence-electron chi connectivity index (χ0n) is 15.9. The van der Waals surface area contributed by atoms with Crippen LogP contribution in [0.4, 0.5) is 0 Å². The number of carbonyl (C=O) groups excluding carboxylic acids is 1. The molecule has 2 saturated heterocycles. The molecule has 0 spiro atoms. The average Bonchev–Trinajstić information content (AvgIpc) is 3.10. The Labute approximate surface area is 159 Å². The summed E-state index contributed by atoms with van der Waals surface area (Å²) in [6, 6.07) is 10.4. The van der Waals surface area contributed by atoms with E-state index < -0.39 is 0 Å². The molecule has 27 heavy (non-hydrogen) atoms. The topological polar surface area (TPSA) is 79.4 Å². The summed E-state index contributed by atoms with van der Waals surface area (Å²) in [6.45, 7) is 5.12. The van der Waals surface area contributed by atoms with Gasteiger partial charge in [0.05, 0.1) is 13.2 Å². The van der Waals surface area contributed by atoms with Gasteiger partial charge in [0.25, 0.3) is 5.91 Å². The highest BCUT2D eigenvalue weighted by atomic mass is 16.5. The number of hydrogen-bond donors (Lipinski definition) is 2. The van der Waals surface area contributed by atoms with Crippen LogP contribution in [0.5, 0.6) is 5.75 Å². The van der Waals surface area contributed by atoms with E-state index >= 15 is 0 Å². The zero-order valence-corrected chi connectivity index (χ0v) is 15.9. The first kappa shape index (κ1) is 17.9. The van der Waals surface area contributed by atoms with Crippen molar-refractivity contribution < 1.29 is 9.53 Å². The lowest BCUT2D eigenvalue weighted by Crippen LogP contribution is -2.48. The number of carbonyl (C=O) groups is 1. The summed E-state index contributed by atoms with van der Waals surface area (Å²) >= 11 is 0. The number of aryl methyl sites for hydroxylation is 2. The Morgan fingerprint density at radius 2 is 2.07 bits per heavy atom. The number of rotatable bonds is 3. The van der Waals surface area contributed by atoms with Crippen LogP contribution in [0.25, 0.3) is 0 Å². The van der Waals surface area contributed by atoms with Gasteiger partial charge in [-0.3, -0.25) is 10.2 Å². The molecule has 0 bridgehead atoms. The molecule has 2 aliphatic rings. The van der Waals surface area contributed by atoms with E-state index in [0.29, 0.717) is 30.0 Å². The number of hydrazine groups is 1. The van der Waals surface area contributed by atoms with Gasteiger partial charge in [-0.25, -0.2) is 15.4 Å². The number of benzene rings is 1. The highest BCUT2D eigenvalue weighted by Gasteiger charge is 2.41. The molecule has 1 aromatic carbocycles. The molecule has 0 aliphatic carbocycles. The third kappa shape index (κ3) is 3.52. The summed E-state index contributed by atoms with van der Waals surface area (Å²) in [6.07, 6.45) is 0.910. The molecule has 0 radical (unpaired) electrons. The van der Waals surface area contributed by atoms with Gasteiger partial charge in [-0.1, -0.05) is 12.1 Å². The van der Waals surface area contributed by atoms with Crippen molar-refractivity contribution in [2.45, 2.75) is 32.4 Å². The maximum atomic E-state index is 13.0. The van der Waals surface area contributed by atoms with E-state index in [-0.39, 0.29) is 11.9 Å². The smallest absolute Gasteiger partial charge is 0.272 e. The number of ether oxygens (including phenoxy) is 1. The summed E-state index contributed by atoms with van der Waals surface area (Å²) < 4.78 is 5.36. The number of piperidine rings is 1. The summed E-state index contributed by atoms with van der Waals surface area (Å²) in [5, 5.41) is 0. The lowest BCUT2D eigenvalue weighted by molar-refractivity contribution is 0.0646. The second-order valence-corrected chi connectivity index (χ2v) is 7.29. The van der Waals surface area contributed by atoms with Crippen LogP contribution in [0.1, 0.15) is 40.0 Å². The molecule has 7 heteroatoms. The fraction of sp³-hybridized carbons (Fsp3) is 0.450. The molecule has 2 aliphatic heterocycles. The first-order valence-corrected chi connectivity index (χ1v) is 9.31. The summed E-state index contributed by atoms with van der Waals surface area (Å²) in [7, 11) is 1.68. The van der Waals surface area contributed by atoms with E-state index in [9.17, 15) is 4.79 Å². The maximum absolute atomic E-state index is 13.0. The number of aromatic nitrogens is 2. The van der Waals surface area contributed by atoms with Gasteiger partial charge in [-0.2, -0.15) is 0 Å². The monoisotopic (exact) mass is 367 g/mol. The minimum atomic E-state index is -0.0154. The van der Waals surface area contributed by atoms with E-state index in [0.717, 1.165) is 30.0 Å². The number of nitrogens with zero attached hydrogens (tertiary/aromatic N) is 3. The first-order chi connectivity index (χ1) is 13.0. The number of nitrogens with one attached hydrogen (secondary N) is 2. The second kappa shape index (κ2) is 7.25. The Morgan fingerprint density at radius 3 is 2.85 bits per heavy atom. The number of methoxy groups -OCH3 is 1. The minimum Gasteiger partial charge on any atom is -0.497 e. The Morgan fingerprint density at radius 1 is 1.22 bits per heavy atom. The highest BCUT2D eigenvalue weighted by Crippen LogP contribution is 2.35. The van der Waals surface area contributed by atoms with Gasteiger partial charge in [-0.15, -0.1) is 0 Å². The van der Waals surface area contributed by atoms with E-state index in [1.807, 2.05) is 30.9 Å². The van der Waals surface area contributed by atoms with Gasteiger partial charge < -0.3 is 9.64 Å². The molecule has 0 saturated carbocycles. The van der Waals surface area contributed by atoms with Crippen LogP contribution in [0.3, 0.4) is 0 Å². The minimum absolute atomic E-state index is 0.0154. The van der Waals surface area contributed by atoms with Crippen molar-refractivity contribution in [1.82, 2.24) is 25.7 Å². The van der Waals surface area contributed by atoms with Crippen LogP contribution in [-0.4, -0.2) is 47.0 Å². The van der Waals surface area contributed by atoms with E-state index in [4.69, 9.17) is 4.74 Å². The van der Waals surface area contributed by atoms with Crippen LogP contribution in [0.15, 0.2) is 30.3 Å². The van der Waals surface area contributed by atoms with Gasteiger partial charge >= 0.3 is 0 Å². The van der Waals surface area contributed by atoms with E-state index in [2.05, 4.69) is 33.0 Å². The lowest BCUT2D eigenvalue weighted by atomic mass is 9.85. The molecule has 4 rings (SSSR count).